The van der Waals surface area contributed by atoms with E-state index in [9.17, 15) is 0 Å². The SMILES string of the molecule is CCc1nn(-c2ccccc2)c2cc(N3CCN(C4CCNC4)CC3)ccc12.Cl. The van der Waals surface area contributed by atoms with Crippen molar-refractivity contribution in [1.82, 2.24) is 20.0 Å². The lowest BCUT2D eigenvalue weighted by Gasteiger charge is -2.39. The average molecular weight is 412 g/mol. The zero-order valence-electron chi connectivity index (χ0n) is 17.1. The van der Waals surface area contributed by atoms with E-state index in [-0.39, 0.29) is 12.4 Å². The van der Waals surface area contributed by atoms with Crippen molar-refractivity contribution in [2.45, 2.75) is 25.8 Å². The third-order valence-corrected chi connectivity index (χ3v) is 6.31. The Labute approximate surface area is 179 Å². The number of aryl methyl sites for hydroxylation is 1. The Kier molecular flexibility index (Phi) is 6.09. The van der Waals surface area contributed by atoms with E-state index in [1.54, 1.807) is 0 Å². The van der Waals surface area contributed by atoms with Gasteiger partial charge in [-0.1, -0.05) is 25.1 Å². The van der Waals surface area contributed by atoms with Gasteiger partial charge in [0.05, 0.1) is 16.9 Å². The van der Waals surface area contributed by atoms with Gasteiger partial charge in [-0.3, -0.25) is 4.90 Å². The Hall–Kier alpha value is -2.08. The van der Waals surface area contributed by atoms with Crippen molar-refractivity contribution >= 4 is 29.0 Å². The molecule has 1 atom stereocenters. The molecule has 0 spiro atoms. The number of rotatable bonds is 4. The number of para-hydroxylation sites is 1. The van der Waals surface area contributed by atoms with Crippen LogP contribution in [0.1, 0.15) is 19.0 Å². The van der Waals surface area contributed by atoms with Crippen LogP contribution >= 0.6 is 12.4 Å². The number of piperazine rings is 1. The molecule has 3 heterocycles. The van der Waals surface area contributed by atoms with Gasteiger partial charge < -0.3 is 10.2 Å². The highest BCUT2D eigenvalue weighted by atomic mass is 35.5. The summed E-state index contributed by atoms with van der Waals surface area (Å²) < 4.78 is 2.11. The lowest BCUT2D eigenvalue weighted by molar-refractivity contribution is 0.196. The van der Waals surface area contributed by atoms with E-state index < -0.39 is 0 Å². The summed E-state index contributed by atoms with van der Waals surface area (Å²) in [5, 5.41) is 9.68. The minimum absolute atomic E-state index is 0. The first-order chi connectivity index (χ1) is 13.8. The second kappa shape index (κ2) is 8.74. The van der Waals surface area contributed by atoms with Crippen LogP contribution in [0.5, 0.6) is 0 Å². The largest absolute Gasteiger partial charge is 0.369 e. The summed E-state index contributed by atoms with van der Waals surface area (Å²) in [4.78, 5) is 5.20. The molecule has 0 radical (unpaired) electrons. The van der Waals surface area contributed by atoms with E-state index in [1.165, 1.54) is 35.2 Å². The normalized spacial score (nSPS) is 20.2. The molecule has 5 rings (SSSR count). The number of benzene rings is 2. The third kappa shape index (κ3) is 3.87. The highest BCUT2D eigenvalue weighted by Crippen LogP contribution is 2.28. The van der Waals surface area contributed by atoms with Gasteiger partial charge in [-0.15, -0.1) is 12.4 Å². The van der Waals surface area contributed by atoms with E-state index in [4.69, 9.17) is 5.10 Å². The highest BCUT2D eigenvalue weighted by Gasteiger charge is 2.26. The maximum Gasteiger partial charge on any atom is 0.0764 e. The fraction of sp³-hybridized carbons (Fsp3) is 0.435. The minimum atomic E-state index is 0. The number of nitrogens with one attached hydrogen (secondary N) is 1. The number of halogens is 1. The molecule has 1 aromatic heterocycles. The first-order valence-corrected chi connectivity index (χ1v) is 10.6. The maximum atomic E-state index is 4.91. The number of fused-ring (bicyclic) bond motifs is 1. The molecule has 2 saturated heterocycles. The third-order valence-electron chi connectivity index (χ3n) is 6.31. The van der Waals surface area contributed by atoms with E-state index in [0.717, 1.165) is 50.9 Å². The molecule has 3 aromatic rings. The highest BCUT2D eigenvalue weighted by molar-refractivity contribution is 5.87. The molecule has 1 unspecified atom stereocenters. The number of hydrogen-bond acceptors (Lipinski definition) is 4. The van der Waals surface area contributed by atoms with Crippen LogP contribution in [0.3, 0.4) is 0 Å². The van der Waals surface area contributed by atoms with Crippen molar-refractivity contribution in [3.05, 3.63) is 54.2 Å². The number of anilines is 1. The molecular weight excluding hydrogens is 382 g/mol. The van der Waals surface area contributed by atoms with Crippen molar-refractivity contribution in [2.24, 2.45) is 0 Å². The van der Waals surface area contributed by atoms with Crippen molar-refractivity contribution in [1.29, 1.82) is 0 Å². The van der Waals surface area contributed by atoms with E-state index >= 15 is 0 Å². The number of aromatic nitrogens is 2. The molecule has 2 aromatic carbocycles. The molecule has 2 fully saturated rings. The standard InChI is InChI=1S/C23H29N5.ClH/c1-2-22-21-9-8-19(16-23(21)28(25-22)18-6-4-3-5-7-18)26-12-14-27(15-13-26)20-10-11-24-17-20;/h3-9,16,20,24H,2,10-15,17H2,1H3;1H. The molecule has 2 aliphatic heterocycles. The van der Waals surface area contributed by atoms with Crippen LogP contribution in [0.15, 0.2) is 48.5 Å². The molecule has 2 aliphatic rings. The smallest absolute Gasteiger partial charge is 0.0764 e. The zero-order chi connectivity index (χ0) is 18.9. The molecule has 154 valence electrons. The first-order valence-electron chi connectivity index (χ1n) is 10.6. The fourth-order valence-electron chi connectivity index (χ4n) is 4.69. The van der Waals surface area contributed by atoms with Crippen LogP contribution in [0.4, 0.5) is 5.69 Å². The van der Waals surface area contributed by atoms with Crippen LogP contribution in [0, 0.1) is 0 Å². The second-order valence-electron chi connectivity index (χ2n) is 7.92. The van der Waals surface area contributed by atoms with Gasteiger partial charge in [0.15, 0.2) is 0 Å². The molecule has 29 heavy (non-hydrogen) atoms. The summed E-state index contributed by atoms with van der Waals surface area (Å²) in [5.41, 5.74) is 4.83. The second-order valence-corrected chi connectivity index (χ2v) is 7.92. The predicted molar refractivity (Wildman–Crippen MR) is 123 cm³/mol. The summed E-state index contributed by atoms with van der Waals surface area (Å²) >= 11 is 0. The van der Waals surface area contributed by atoms with Gasteiger partial charge in [0.1, 0.15) is 0 Å². The Morgan fingerprint density at radius 1 is 1.00 bits per heavy atom. The summed E-state index contributed by atoms with van der Waals surface area (Å²) in [6.45, 7) is 9.02. The maximum absolute atomic E-state index is 4.91. The Balaban J connectivity index is 0.00000205. The Morgan fingerprint density at radius 2 is 1.79 bits per heavy atom. The van der Waals surface area contributed by atoms with Crippen molar-refractivity contribution in [2.75, 3.05) is 44.2 Å². The molecule has 0 amide bonds. The van der Waals surface area contributed by atoms with Crippen molar-refractivity contribution < 1.29 is 0 Å². The fourth-order valence-corrected chi connectivity index (χ4v) is 4.69. The first kappa shape index (κ1) is 20.2. The number of hydrogen-bond donors (Lipinski definition) is 1. The van der Waals surface area contributed by atoms with E-state index in [2.05, 4.69) is 75.3 Å². The molecule has 0 bridgehead atoms. The summed E-state index contributed by atoms with van der Waals surface area (Å²) in [7, 11) is 0. The number of nitrogens with zero attached hydrogens (tertiary/aromatic N) is 4. The van der Waals surface area contributed by atoms with Gasteiger partial charge in [0.2, 0.25) is 0 Å². The zero-order valence-corrected chi connectivity index (χ0v) is 17.9. The topological polar surface area (TPSA) is 36.3 Å². The molecule has 0 saturated carbocycles. The van der Waals surface area contributed by atoms with Crippen LogP contribution < -0.4 is 10.2 Å². The minimum Gasteiger partial charge on any atom is -0.369 e. The van der Waals surface area contributed by atoms with Gasteiger partial charge in [-0.2, -0.15) is 5.10 Å². The average Bonchev–Trinajstić information content (AvgIpc) is 3.42. The summed E-state index contributed by atoms with van der Waals surface area (Å²) in [6.07, 6.45) is 2.24. The lowest BCUT2D eigenvalue weighted by Crippen LogP contribution is -2.51. The van der Waals surface area contributed by atoms with Gasteiger partial charge in [0.25, 0.3) is 0 Å². The van der Waals surface area contributed by atoms with Gasteiger partial charge in [-0.25, -0.2) is 4.68 Å². The monoisotopic (exact) mass is 411 g/mol. The van der Waals surface area contributed by atoms with Gasteiger partial charge in [-0.05, 0) is 49.7 Å². The molecule has 0 aliphatic carbocycles. The van der Waals surface area contributed by atoms with Crippen molar-refractivity contribution in [3.8, 4) is 5.69 Å². The van der Waals surface area contributed by atoms with E-state index in [0.29, 0.717) is 0 Å². The quantitative estimate of drug-likeness (QED) is 0.712. The molecule has 6 heteroatoms. The molecule has 1 N–H and O–H groups in total. The molecular formula is C23H30ClN5. The Bertz CT molecular complexity index is 941. The van der Waals surface area contributed by atoms with Crippen LogP contribution in [0.25, 0.3) is 16.6 Å². The summed E-state index contributed by atoms with van der Waals surface area (Å²) in [6, 6.07) is 18.1. The Morgan fingerprint density at radius 3 is 2.48 bits per heavy atom. The predicted octanol–water partition coefficient (Wildman–Crippen LogP) is 3.49. The van der Waals surface area contributed by atoms with E-state index in [1.807, 2.05) is 0 Å². The van der Waals surface area contributed by atoms with Gasteiger partial charge in [0, 0.05) is 49.8 Å². The molecule has 5 nitrogen and oxygen atoms in total. The van der Waals surface area contributed by atoms with Crippen LogP contribution in [0.2, 0.25) is 0 Å². The summed E-state index contributed by atoms with van der Waals surface area (Å²) in [5.74, 6) is 0. The van der Waals surface area contributed by atoms with Crippen LogP contribution in [-0.2, 0) is 6.42 Å². The van der Waals surface area contributed by atoms with Crippen LogP contribution in [-0.4, -0.2) is 60.0 Å². The van der Waals surface area contributed by atoms with Crippen molar-refractivity contribution in [3.63, 3.8) is 0 Å². The van der Waals surface area contributed by atoms with Gasteiger partial charge >= 0.3 is 0 Å². The lowest BCUT2D eigenvalue weighted by atomic mass is 10.1.